The van der Waals surface area contributed by atoms with Gasteiger partial charge in [0.25, 0.3) is 0 Å². The smallest absolute Gasteiger partial charge is 0.0459 e. The van der Waals surface area contributed by atoms with Crippen molar-refractivity contribution in [2.75, 3.05) is 18.5 Å². The van der Waals surface area contributed by atoms with Crippen LogP contribution in [-0.4, -0.2) is 19.6 Å². The molecule has 3 heteroatoms. The Balaban J connectivity index is 2.43. The van der Waals surface area contributed by atoms with E-state index in [1.165, 1.54) is 11.3 Å². The molecule has 1 aromatic rings. The molecule has 0 spiro atoms. The van der Waals surface area contributed by atoms with Gasteiger partial charge in [-0.25, -0.2) is 0 Å². The number of rotatable bonds is 1. The van der Waals surface area contributed by atoms with Crippen LogP contribution in [0.2, 0.25) is 5.02 Å². The monoisotopic (exact) mass is 196 g/mol. The molecule has 13 heavy (non-hydrogen) atoms. The first kappa shape index (κ1) is 8.85. The van der Waals surface area contributed by atoms with Crippen molar-refractivity contribution in [2.24, 2.45) is 5.73 Å². The van der Waals surface area contributed by atoms with Gasteiger partial charge in [-0.2, -0.15) is 0 Å². The van der Waals surface area contributed by atoms with E-state index in [0.29, 0.717) is 12.6 Å². The summed E-state index contributed by atoms with van der Waals surface area (Å²) in [5.41, 5.74) is 8.13. The van der Waals surface area contributed by atoms with Crippen LogP contribution >= 0.6 is 11.6 Å². The second-order valence-electron chi connectivity index (χ2n) is 3.44. The van der Waals surface area contributed by atoms with Gasteiger partial charge in [-0.05, 0) is 24.1 Å². The van der Waals surface area contributed by atoms with Gasteiger partial charge in [0.1, 0.15) is 0 Å². The van der Waals surface area contributed by atoms with Crippen molar-refractivity contribution in [3.8, 4) is 0 Å². The van der Waals surface area contributed by atoms with Crippen molar-refractivity contribution >= 4 is 17.3 Å². The van der Waals surface area contributed by atoms with Crippen LogP contribution in [0.1, 0.15) is 5.56 Å². The summed E-state index contributed by atoms with van der Waals surface area (Å²) in [6, 6.07) is 6.43. The number of benzene rings is 1. The normalized spacial score (nSPS) is 20.5. The number of nitrogens with two attached hydrogens (primary N) is 1. The molecular weight excluding hydrogens is 184 g/mol. The van der Waals surface area contributed by atoms with Crippen LogP contribution in [0.3, 0.4) is 0 Å². The van der Waals surface area contributed by atoms with E-state index in [4.69, 9.17) is 17.3 Å². The number of anilines is 1. The molecule has 1 aliphatic rings. The third-order valence-corrected chi connectivity index (χ3v) is 3.09. The van der Waals surface area contributed by atoms with Gasteiger partial charge < -0.3 is 10.6 Å². The molecule has 1 atom stereocenters. The Bertz CT molecular complexity index is 325. The van der Waals surface area contributed by atoms with Gasteiger partial charge in [0.2, 0.25) is 0 Å². The van der Waals surface area contributed by atoms with Crippen molar-refractivity contribution in [3.63, 3.8) is 0 Å². The molecule has 0 aliphatic carbocycles. The second kappa shape index (κ2) is 3.20. The SMILES string of the molecule is CN1c2cccc(Cl)c2CC1CN. The summed E-state index contributed by atoms with van der Waals surface area (Å²) in [4.78, 5) is 2.21. The van der Waals surface area contributed by atoms with Crippen molar-refractivity contribution < 1.29 is 0 Å². The predicted molar refractivity (Wildman–Crippen MR) is 56.4 cm³/mol. The minimum atomic E-state index is 0.412. The molecule has 2 nitrogen and oxygen atoms in total. The highest BCUT2D eigenvalue weighted by molar-refractivity contribution is 6.31. The molecule has 0 fully saturated rings. The maximum absolute atomic E-state index is 6.09. The second-order valence-corrected chi connectivity index (χ2v) is 3.85. The molecule has 1 heterocycles. The predicted octanol–water partition coefficient (Wildman–Crippen LogP) is 1.66. The van der Waals surface area contributed by atoms with Crippen LogP contribution in [0.4, 0.5) is 5.69 Å². The van der Waals surface area contributed by atoms with Gasteiger partial charge in [0.15, 0.2) is 0 Å². The summed E-state index contributed by atoms with van der Waals surface area (Å²) in [5, 5.41) is 0.861. The number of likely N-dealkylation sites (N-methyl/N-ethyl adjacent to an activating group) is 1. The van der Waals surface area contributed by atoms with E-state index >= 15 is 0 Å². The number of hydrogen-bond acceptors (Lipinski definition) is 2. The van der Waals surface area contributed by atoms with E-state index in [-0.39, 0.29) is 0 Å². The summed E-state index contributed by atoms with van der Waals surface area (Å²) in [7, 11) is 2.07. The van der Waals surface area contributed by atoms with Gasteiger partial charge in [-0.3, -0.25) is 0 Å². The van der Waals surface area contributed by atoms with E-state index < -0.39 is 0 Å². The molecule has 1 aromatic carbocycles. The molecule has 0 aromatic heterocycles. The number of nitrogens with zero attached hydrogens (tertiary/aromatic N) is 1. The molecular formula is C10H13ClN2. The van der Waals surface area contributed by atoms with E-state index in [0.717, 1.165) is 11.4 Å². The molecule has 0 amide bonds. The summed E-state index contributed by atoms with van der Waals surface area (Å²) < 4.78 is 0. The Kier molecular flexibility index (Phi) is 2.18. The Morgan fingerprint density at radius 2 is 2.38 bits per heavy atom. The van der Waals surface area contributed by atoms with Crippen molar-refractivity contribution in [3.05, 3.63) is 28.8 Å². The highest BCUT2D eigenvalue weighted by atomic mass is 35.5. The summed E-state index contributed by atoms with van der Waals surface area (Å²) >= 11 is 6.09. The molecule has 0 saturated carbocycles. The van der Waals surface area contributed by atoms with E-state index in [1.807, 2.05) is 12.1 Å². The van der Waals surface area contributed by atoms with Crippen LogP contribution in [0, 0.1) is 0 Å². The van der Waals surface area contributed by atoms with Crippen LogP contribution in [0.25, 0.3) is 0 Å². The lowest BCUT2D eigenvalue weighted by molar-refractivity contribution is 0.675. The Morgan fingerprint density at radius 3 is 3.00 bits per heavy atom. The van der Waals surface area contributed by atoms with Crippen molar-refractivity contribution in [2.45, 2.75) is 12.5 Å². The zero-order valence-electron chi connectivity index (χ0n) is 7.63. The molecule has 0 bridgehead atoms. The lowest BCUT2D eigenvalue weighted by atomic mass is 10.1. The maximum Gasteiger partial charge on any atom is 0.0459 e. The maximum atomic E-state index is 6.09. The first-order valence-electron chi connectivity index (χ1n) is 4.44. The zero-order valence-corrected chi connectivity index (χ0v) is 8.38. The molecule has 0 radical (unpaired) electrons. The van der Waals surface area contributed by atoms with Crippen LogP contribution < -0.4 is 10.6 Å². The molecule has 0 saturated heterocycles. The summed E-state index contributed by atoms with van der Waals surface area (Å²) in [6.45, 7) is 0.682. The molecule has 2 N–H and O–H groups in total. The first-order chi connectivity index (χ1) is 6.24. The molecule has 2 rings (SSSR count). The standard InChI is InChI=1S/C10H13ClN2/c1-13-7(6-12)5-8-9(11)3-2-4-10(8)13/h2-4,7H,5-6,12H2,1H3. The molecule has 1 unspecified atom stereocenters. The number of fused-ring (bicyclic) bond motifs is 1. The van der Waals surface area contributed by atoms with Gasteiger partial charge in [0, 0.05) is 30.3 Å². The minimum Gasteiger partial charge on any atom is -0.370 e. The molecule has 70 valence electrons. The Labute approximate surface area is 83.3 Å². The van der Waals surface area contributed by atoms with Gasteiger partial charge in [0.05, 0.1) is 0 Å². The Morgan fingerprint density at radius 1 is 1.62 bits per heavy atom. The van der Waals surface area contributed by atoms with E-state index in [2.05, 4.69) is 18.0 Å². The summed E-state index contributed by atoms with van der Waals surface area (Å²) in [5.74, 6) is 0. The lowest BCUT2D eigenvalue weighted by Gasteiger charge is -2.20. The zero-order chi connectivity index (χ0) is 9.42. The van der Waals surface area contributed by atoms with Gasteiger partial charge >= 0.3 is 0 Å². The highest BCUT2D eigenvalue weighted by Gasteiger charge is 2.26. The van der Waals surface area contributed by atoms with Crippen LogP contribution in [0.15, 0.2) is 18.2 Å². The van der Waals surface area contributed by atoms with Gasteiger partial charge in [-0.1, -0.05) is 17.7 Å². The van der Waals surface area contributed by atoms with Crippen molar-refractivity contribution in [1.29, 1.82) is 0 Å². The fraction of sp³-hybridized carbons (Fsp3) is 0.400. The average molecular weight is 197 g/mol. The molecule has 1 aliphatic heterocycles. The van der Waals surface area contributed by atoms with E-state index in [9.17, 15) is 0 Å². The number of halogens is 1. The van der Waals surface area contributed by atoms with Crippen molar-refractivity contribution in [1.82, 2.24) is 0 Å². The quantitative estimate of drug-likeness (QED) is 0.741. The fourth-order valence-electron chi connectivity index (χ4n) is 1.89. The van der Waals surface area contributed by atoms with Gasteiger partial charge in [-0.15, -0.1) is 0 Å². The summed E-state index contributed by atoms with van der Waals surface area (Å²) in [6.07, 6.45) is 0.974. The highest BCUT2D eigenvalue weighted by Crippen LogP contribution is 2.35. The third kappa shape index (κ3) is 1.30. The lowest BCUT2D eigenvalue weighted by Crippen LogP contribution is -2.34. The Hall–Kier alpha value is -0.730. The minimum absolute atomic E-state index is 0.412. The number of hydrogen-bond donors (Lipinski definition) is 1. The van der Waals surface area contributed by atoms with Crippen LogP contribution in [-0.2, 0) is 6.42 Å². The van der Waals surface area contributed by atoms with E-state index in [1.54, 1.807) is 0 Å². The topological polar surface area (TPSA) is 29.3 Å². The largest absolute Gasteiger partial charge is 0.370 e. The first-order valence-corrected chi connectivity index (χ1v) is 4.82. The fourth-order valence-corrected chi connectivity index (χ4v) is 2.14. The third-order valence-electron chi connectivity index (χ3n) is 2.73. The average Bonchev–Trinajstić information content (AvgIpc) is 2.45. The van der Waals surface area contributed by atoms with Crippen LogP contribution in [0.5, 0.6) is 0 Å².